The maximum absolute atomic E-state index is 5.48. The van der Waals surface area contributed by atoms with Crippen molar-refractivity contribution in [1.82, 2.24) is 10.6 Å². The van der Waals surface area contributed by atoms with Gasteiger partial charge in [-0.1, -0.05) is 146 Å². The molecule has 54 heavy (non-hydrogen) atoms. The topological polar surface area (TPSA) is 36.4 Å². The fourth-order valence-corrected chi connectivity index (χ4v) is 10.7. The first-order chi connectivity index (χ1) is 26.7. The third-order valence-electron chi connectivity index (χ3n) is 11.9. The molecule has 4 heteroatoms. The maximum Gasteiger partial charge on any atom is 0.131 e. The molecule has 1 spiro atoms. The molecular formula is C50H33N3S. The molecule has 12 rings (SSSR count). The molecule has 8 aromatic carbocycles. The minimum absolute atomic E-state index is 0.125. The van der Waals surface area contributed by atoms with Gasteiger partial charge >= 0.3 is 0 Å². The van der Waals surface area contributed by atoms with E-state index in [0.29, 0.717) is 0 Å². The number of nitrogens with zero attached hydrogens (tertiary/aromatic N) is 1. The van der Waals surface area contributed by atoms with Gasteiger partial charge in [-0.3, -0.25) is 5.32 Å². The first kappa shape index (κ1) is 30.2. The second-order valence-electron chi connectivity index (χ2n) is 14.7. The van der Waals surface area contributed by atoms with E-state index in [9.17, 15) is 0 Å². The van der Waals surface area contributed by atoms with E-state index >= 15 is 0 Å². The lowest BCUT2D eigenvalue weighted by atomic mass is 9.70. The van der Waals surface area contributed by atoms with Gasteiger partial charge in [0.2, 0.25) is 0 Å². The van der Waals surface area contributed by atoms with Crippen LogP contribution < -0.4 is 10.6 Å². The van der Waals surface area contributed by atoms with Gasteiger partial charge in [0.25, 0.3) is 0 Å². The Kier molecular flexibility index (Phi) is 6.33. The van der Waals surface area contributed by atoms with Gasteiger partial charge in [-0.25, -0.2) is 4.99 Å². The molecule has 0 bridgehead atoms. The van der Waals surface area contributed by atoms with Gasteiger partial charge < -0.3 is 5.32 Å². The molecule has 0 saturated heterocycles. The lowest BCUT2D eigenvalue weighted by Gasteiger charge is -2.33. The summed E-state index contributed by atoms with van der Waals surface area (Å²) in [6.07, 6.45) is -0.361. The average molecular weight is 708 g/mol. The molecule has 0 amide bonds. The number of amidine groups is 1. The fraction of sp³-hybridized carbons (Fsp3) is 0.0600. The van der Waals surface area contributed by atoms with E-state index in [1.807, 2.05) is 11.3 Å². The number of nitrogens with one attached hydrogen (secondary N) is 2. The van der Waals surface area contributed by atoms with Crippen LogP contribution >= 0.6 is 11.3 Å². The normalized spacial score (nSPS) is 19.4. The van der Waals surface area contributed by atoms with E-state index in [1.54, 1.807) is 0 Å². The average Bonchev–Trinajstić information content (AvgIpc) is 3.86. The van der Waals surface area contributed by atoms with Crippen LogP contribution in [0.25, 0.3) is 53.2 Å². The van der Waals surface area contributed by atoms with Crippen LogP contribution in [-0.4, -0.2) is 5.84 Å². The third kappa shape index (κ3) is 4.18. The Morgan fingerprint density at radius 2 is 1.11 bits per heavy atom. The molecule has 254 valence electrons. The lowest BCUT2D eigenvalue weighted by Crippen LogP contribution is -2.45. The largest absolute Gasteiger partial charge is 0.350 e. The van der Waals surface area contributed by atoms with Gasteiger partial charge in [0.05, 0.1) is 5.41 Å². The molecule has 3 atom stereocenters. The molecule has 0 radical (unpaired) electrons. The van der Waals surface area contributed by atoms with Crippen LogP contribution in [0.5, 0.6) is 0 Å². The molecule has 3 aliphatic rings. The summed E-state index contributed by atoms with van der Waals surface area (Å²) in [5.41, 5.74) is 13.5. The Hall–Kier alpha value is -6.33. The summed E-state index contributed by atoms with van der Waals surface area (Å²) in [5, 5.41) is 12.8. The lowest BCUT2D eigenvalue weighted by molar-refractivity contribution is 0.409. The Morgan fingerprint density at radius 1 is 0.463 bits per heavy atom. The molecule has 3 unspecified atom stereocenters. The number of thiophene rings is 1. The van der Waals surface area contributed by atoms with Crippen molar-refractivity contribution in [3.05, 3.63) is 215 Å². The summed E-state index contributed by atoms with van der Waals surface area (Å²) in [7, 11) is 0. The molecule has 0 fully saturated rings. The number of hydrogen-bond acceptors (Lipinski definition) is 4. The highest BCUT2D eigenvalue weighted by Crippen LogP contribution is 2.63. The van der Waals surface area contributed by atoms with Gasteiger partial charge in [0.15, 0.2) is 0 Å². The minimum Gasteiger partial charge on any atom is -0.350 e. The number of benzene rings is 8. The van der Waals surface area contributed by atoms with Crippen LogP contribution in [0.15, 0.2) is 181 Å². The molecule has 2 heterocycles. The van der Waals surface area contributed by atoms with Gasteiger partial charge in [0, 0.05) is 25.7 Å². The molecule has 0 saturated carbocycles. The summed E-state index contributed by atoms with van der Waals surface area (Å²) < 4.78 is 2.59. The minimum atomic E-state index is -0.449. The van der Waals surface area contributed by atoms with Gasteiger partial charge in [-0.2, -0.15) is 0 Å². The quantitative estimate of drug-likeness (QED) is 0.192. The highest BCUT2D eigenvalue weighted by atomic mass is 32.1. The van der Waals surface area contributed by atoms with E-state index in [-0.39, 0.29) is 12.3 Å². The fourth-order valence-electron chi connectivity index (χ4n) is 9.58. The summed E-state index contributed by atoms with van der Waals surface area (Å²) >= 11 is 1.85. The van der Waals surface area contributed by atoms with Crippen molar-refractivity contribution in [3.63, 3.8) is 0 Å². The van der Waals surface area contributed by atoms with Crippen LogP contribution in [0.4, 0.5) is 0 Å². The Labute approximate surface area is 317 Å². The second-order valence-corrected chi connectivity index (χ2v) is 15.8. The molecule has 9 aromatic rings. The predicted octanol–water partition coefficient (Wildman–Crippen LogP) is 11.9. The van der Waals surface area contributed by atoms with E-state index in [4.69, 9.17) is 4.99 Å². The maximum atomic E-state index is 5.48. The van der Waals surface area contributed by atoms with Crippen molar-refractivity contribution in [2.24, 2.45) is 4.99 Å². The van der Waals surface area contributed by atoms with Crippen molar-refractivity contribution in [3.8, 4) is 22.3 Å². The molecule has 3 nitrogen and oxygen atoms in total. The van der Waals surface area contributed by atoms with Crippen molar-refractivity contribution in [2.45, 2.75) is 17.7 Å². The van der Waals surface area contributed by atoms with Crippen LogP contribution in [-0.2, 0) is 5.41 Å². The van der Waals surface area contributed by atoms with Crippen molar-refractivity contribution in [2.75, 3.05) is 0 Å². The summed E-state index contributed by atoms with van der Waals surface area (Å²) in [5.74, 6) is 0.892. The highest BCUT2D eigenvalue weighted by Gasteiger charge is 2.52. The van der Waals surface area contributed by atoms with Crippen molar-refractivity contribution >= 4 is 48.1 Å². The third-order valence-corrected chi connectivity index (χ3v) is 13.1. The number of hydrogen-bond donors (Lipinski definition) is 2. The second kappa shape index (κ2) is 11.3. The monoisotopic (exact) mass is 707 g/mol. The highest BCUT2D eigenvalue weighted by molar-refractivity contribution is 7.25. The molecule has 1 aliphatic heterocycles. The van der Waals surface area contributed by atoms with Crippen molar-refractivity contribution in [1.29, 1.82) is 0 Å². The number of fused-ring (bicyclic) bond motifs is 14. The van der Waals surface area contributed by atoms with Crippen molar-refractivity contribution < 1.29 is 0 Å². The SMILES string of the molecule is c1ccc(C2NC(c3ccc4c(c3)C3(c5ccccc5-4)c4ccccc4-c4cc5ccccc5cc43)=NC(c3ccc4c(c3)sc3ccccc34)N2)cc1. The predicted molar refractivity (Wildman–Crippen MR) is 224 cm³/mol. The Bertz CT molecular complexity index is 3030. The van der Waals surface area contributed by atoms with Gasteiger partial charge in [0.1, 0.15) is 18.2 Å². The van der Waals surface area contributed by atoms with E-state index in [0.717, 1.165) is 17.0 Å². The van der Waals surface area contributed by atoms with Crippen LogP contribution in [0, 0.1) is 0 Å². The first-order valence-electron chi connectivity index (χ1n) is 18.7. The zero-order valence-electron chi connectivity index (χ0n) is 29.3. The van der Waals surface area contributed by atoms with E-state index < -0.39 is 5.41 Å². The van der Waals surface area contributed by atoms with Gasteiger partial charge in [-0.15, -0.1) is 11.3 Å². The van der Waals surface area contributed by atoms with E-state index in [2.05, 4.69) is 187 Å². The molecule has 2 N–H and O–H groups in total. The Balaban J connectivity index is 1.07. The number of aliphatic imine (C=N–C) groups is 1. The summed E-state index contributed by atoms with van der Waals surface area (Å²) in [6.45, 7) is 0. The number of rotatable bonds is 3. The van der Waals surface area contributed by atoms with Gasteiger partial charge in [-0.05, 0) is 96.7 Å². The van der Waals surface area contributed by atoms with E-state index in [1.165, 1.54) is 81.0 Å². The summed E-state index contributed by atoms with van der Waals surface area (Å²) in [6, 6.07) is 65.0. The smallest absolute Gasteiger partial charge is 0.131 e. The Morgan fingerprint density at radius 3 is 1.94 bits per heavy atom. The standard InChI is InChI=1S/C50H33N3S/c1-2-12-30(13-3-1)47-51-48(53-49(52-47)34-23-25-39-38-18-8-11-21-45(38)54-46(39)29-34)33-22-24-37-35-16-6-9-19-41(35)50(43(37)28-33)42-20-10-7-17-36(42)40-26-31-14-4-5-15-32(31)27-44(40)50/h1-29,47,49,52H,(H,51,53). The first-order valence-corrected chi connectivity index (χ1v) is 19.5. The van der Waals surface area contributed by atoms with Crippen LogP contribution in [0.3, 0.4) is 0 Å². The zero-order chi connectivity index (χ0) is 35.4. The molecule has 1 aromatic heterocycles. The molecule has 2 aliphatic carbocycles. The van der Waals surface area contributed by atoms with Crippen LogP contribution in [0.1, 0.15) is 51.3 Å². The zero-order valence-corrected chi connectivity index (χ0v) is 30.1. The summed E-state index contributed by atoms with van der Waals surface area (Å²) in [4.78, 5) is 5.48. The van der Waals surface area contributed by atoms with Crippen LogP contribution in [0.2, 0.25) is 0 Å². The molecular weight excluding hydrogens is 675 g/mol.